The quantitative estimate of drug-likeness (QED) is 0.636. The summed E-state index contributed by atoms with van der Waals surface area (Å²) < 4.78 is 5.45. The van der Waals surface area contributed by atoms with Gasteiger partial charge in [-0.25, -0.2) is 0 Å². The summed E-state index contributed by atoms with van der Waals surface area (Å²) in [4.78, 5) is 13.6. The van der Waals surface area contributed by atoms with E-state index < -0.39 is 6.04 Å². The van der Waals surface area contributed by atoms with E-state index in [1.807, 2.05) is 6.92 Å². The van der Waals surface area contributed by atoms with Crippen molar-refractivity contribution in [3.05, 3.63) is 12.7 Å². The van der Waals surface area contributed by atoms with Gasteiger partial charge in [0, 0.05) is 13.1 Å². The van der Waals surface area contributed by atoms with Gasteiger partial charge in [0.2, 0.25) is 5.91 Å². The number of hydrogen-bond donors (Lipinski definition) is 2. The maximum atomic E-state index is 11.9. The number of nitrogens with two attached hydrogens (primary N) is 1. The number of hydrogen-bond acceptors (Lipinski definition) is 4. The molecular weight excluding hydrogens is 208 g/mol. The van der Waals surface area contributed by atoms with Crippen molar-refractivity contribution in [3.63, 3.8) is 0 Å². The molecule has 0 bridgehead atoms. The van der Waals surface area contributed by atoms with Crippen molar-refractivity contribution in [2.24, 2.45) is 5.73 Å². The van der Waals surface area contributed by atoms with E-state index in [1.54, 1.807) is 11.0 Å². The van der Waals surface area contributed by atoms with Crippen molar-refractivity contribution in [2.75, 3.05) is 19.7 Å². The highest BCUT2D eigenvalue weighted by molar-refractivity contribution is 5.82. The predicted octanol–water partition coefficient (Wildman–Crippen LogP) is -0.502. The van der Waals surface area contributed by atoms with Crippen molar-refractivity contribution in [2.45, 2.75) is 31.6 Å². The Morgan fingerprint density at radius 2 is 2.44 bits per heavy atom. The molecule has 1 aliphatic heterocycles. The lowest BCUT2D eigenvalue weighted by Crippen LogP contribution is -2.54. The van der Waals surface area contributed by atoms with Gasteiger partial charge in [0.25, 0.3) is 0 Å². The molecule has 0 saturated carbocycles. The zero-order valence-corrected chi connectivity index (χ0v) is 9.63. The minimum absolute atomic E-state index is 0.0641. The van der Waals surface area contributed by atoms with Gasteiger partial charge in [0.05, 0.1) is 24.9 Å². The Kier molecular flexibility index (Phi) is 4.92. The molecule has 16 heavy (non-hydrogen) atoms. The van der Waals surface area contributed by atoms with Crippen molar-refractivity contribution in [3.8, 4) is 0 Å². The summed E-state index contributed by atoms with van der Waals surface area (Å²) in [6.07, 6.45) is 1.74. The number of carbonyl (C=O) groups excluding carboxylic acids is 1. The second-order valence-corrected chi connectivity index (χ2v) is 4.13. The smallest absolute Gasteiger partial charge is 0.239 e. The Labute approximate surface area is 95.9 Å². The van der Waals surface area contributed by atoms with Gasteiger partial charge in [-0.2, -0.15) is 0 Å². The van der Waals surface area contributed by atoms with Gasteiger partial charge in [-0.15, -0.1) is 6.58 Å². The highest BCUT2D eigenvalue weighted by atomic mass is 16.5. The van der Waals surface area contributed by atoms with E-state index in [-0.39, 0.29) is 24.7 Å². The van der Waals surface area contributed by atoms with Gasteiger partial charge >= 0.3 is 0 Å². The summed E-state index contributed by atoms with van der Waals surface area (Å²) >= 11 is 0. The highest BCUT2D eigenvalue weighted by Crippen LogP contribution is 2.12. The molecule has 5 heteroatoms. The first-order valence-electron chi connectivity index (χ1n) is 5.50. The highest BCUT2D eigenvalue weighted by Gasteiger charge is 2.29. The molecule has 5 nitrogen and oxygen atoms in total. The molecule has 3 atom stereocenters. The Balaban J connectivity index is 2.57. The third kappa shape index (κ3) is 3.30. The predicted molar refractivity (Wildman–Crippen MR) is 60.8 cm³/mol. The molecule has 1 aliphatic rings. The Hall–Kier alpha value is -0.910. The van der Waals surface area contributed by atoms with Crippen molar-refractivity contribution >= 4 is 5.91 Å². The fourth-order valence-electron chi connectivity index (χ4n) is 1.84. The third-order valence-corrected chi connectivity index (χ3v) is 2.58. The van der Waals surface area contributed by atoms with E-state index in [2.05, 4.69) is 6.58 Å². The largest absolute Gasteiger partial charge is 0.394 e. The van der Waals surface area contributed by atoms with Crippen LogP contribution < -0.4 is 5.73 Å². The number of rotatable bonds is 4. The van der Waals surface area contributed by atoms with E-state index in [1.165, 1.54) is 0 Å². The molecule has 0 spiro atoms. The molecule has 0 aromatic carbocycles. The van der Waals surface area contributed by atoms with Gasteiger partial charge in [-0.05, 0) is 13.3 Å². The lowest BCUT2D eigenvalue weighted by molar-refractivity contribution is -0.148. The van der Waals surface area contributed by atoms with Crippen molar-refractivity contribution in [1.82, 2.24) is 4.90 Å². The lowest BCUT2D eigenvalue weighted by atomic mass is 10.1. The number of carbonyl (C=O) groups is 1. The van der Waals surface area contributed by atoms with Crippen LogP contribution in [0.15, 0.2) is 12.7 Å². The van der Waals surface area contributed by atoms with Gasteiger partial charge in [-0.3, -0.25) is 4.79 Å². The number of amides is 1. The maximum absolute atomic E-state index is 11.9. The van der Waals surface area contributed by atoms with Crippen LogP contribution in [0, 0.1) is 0 Å². The summed E-state index contributed by atoms with van der Waals surface area (Å²) in [5.41, 5.74) is 5.73. The summed E-state index contributed by atoms with van der Waals surface area (Å²) in [7, 11) is 0. The van der Waals surface area contributed by atoms with Gasteiger partial charge < -0.3 is 20.5 Å². The van der Waals surface area contributed by atoms with Crippen LogP contribution in [0.3, 0.4) is 0 Å². The summed E-state index contributed by atoms with van der Waals surface area (Å²) in [6.45, 7) is 6.29. The third-order valence-electron chi connectivity index (χ3n) is 2.58. The molecular formula is C11H20N2O3. The van der Waals surface area contributed by atoms with Crippen LogP contribution >= 0.6 is 0 Å². The maximum Gasteiger partial charge on any atom is 0.239 e. The molecule has 1 rings (SSSR count). The second kappa shape index (κ2) is 5.98. The van der Waals surface area contributed by atoms with Crippen molar-refractivity contribution < 1.29 is 14.6 Å². The van der Waals surface area contributed by atoms with E-state index in [0.717, 1.165) is 0 Å². The number of aliphatic hydroxyl groups excluding tert-OH is 1. The zero-order valence-electron chi connectivity index (χ0n) is 9.63. The van der Waals surface area contributed by atoms with Gasteiger partial charge in [-0.1, -0.05) is 6.08 Å². The summed E-state index contributed by atoms with van der Waals surface area (Å²) in [5.74, 6) is -0.103. The standard InChI is InChI=1S/C11H20N2O3/c1-3-4-10(12)11(15)13-5-8(2)16-9(6-13)7-14/h3,8-10,14H,1,4-7,12H2,2H3. The molecule has 3 N–H and O–H groups in total. The molecule has 1 heterocycles. The monoisotopic (exact) mass is 228 g/mol. The van der Waals surface area contributed by atoms with Crippen LogP contribution in [-0.2, 0) is 9.53 Å². The van der Waals surface area contributed by atoms with Crippen molar-refractivity contribution in [1.29, 1.82) is 0 Å². The van der Waals surface area contributed by atoms with Crippen LogP contribution in [0.5, 0.6) is 0 Å². The lowest BCUT2D eigenvalue weighted by Gasteiger charge is -2.37. The topological polar surface area (TPSA) is 75.8 Å². The fourth-order valence-corrected chi connectivity index (χ4v) is 1.84. The Morgan fingerprint density at radius 3 is 3.00 bits per heavy atom. The second-order valence-electron chi connectivity index (χ2n) is 4.13. The number of aliphatic hydroxyl groups is 1. The van der Waals surface area contributed by atoms with Crippen LogP contribution in [0.1, 0.15) is 13.3 Å². The first kappa shape index (κ1) is 13.2. The molecule has 0 aliphatic carbocycles. The van der Waals surface area contributed by atoms with Crippen LogP contribution in [-0.4, -0.2) is 53.9 Å². The average molecular weight is 228 g/mol. The normalized spacial score (nSPS) is 27.6. The SMILES string of the molecule is C=CCC(N)C(=O)N1CC(C)OC(CO)C1. The summed E-state index contributed by atoms with van der Waals surface area (Å²) in [5, 5.41) is 9.04. The average Bonchev–Trinajstić information content (AvgIpc) is 2.27. The number of nitrogens with zero attached hydrogens (tertiary/aromatic N) is 1. The first-order valence-corrected chi connectivity index (χ1v) is 5.50. The molecule has 1 saturated heterocycles. The Bertz CT molecular complexity index is 258. The Morgan fingerprint density at radius 1 is 1.75 bits per heavy atom. The van der Waals surface area contributed by atoms with E-state index in [9.17, 15) is 4.79 Å². The molecule has 92 valence electrons. The molecule has 0 aromatic rings. The molecule has 0 radical (unpaired) electrons. The zero-order chi connectivity index (χ0) is 12.1. The number of ether oxygens (including phenoxy) is 1. The van der Waals surface area contributed by atoms with E-state index in [0.29, 0.717) is 19.5 Å². The van der Waals surface area contributed by atoms with E-state index in [4.69, 9.17) is 15.6 Å². The van der Waals surface area contributed by atoms with Gasteiger partial charge in [0.15, 0.2) is 0 Å². The first-order chi connectivity index (χ1) is 7.58. The molecule has 0 aromatic heterocycles. The minimum atomic E-state index is -0.540. The fraction of sp³-hybridized carbons (Fsp3) is 0.727. The number of morpholine rings is 1. The van der Waals surface area contributed by atoms with Crippen LogP contribution in [0.25, 0.3) is 0 Å². The summed E-state index contributed by atoms with van der Waals surface area (Å²) in [6, 6.07) is -0.540. The molecule has 1 amide bonds. The molecule has 1 fully saturated rings. The van der Waals surface area contributed by atoms with E-state index >= 15 is 0 Å². The van der Waals surface area contributed by atoms with Crippen LogP contribution in [0.2, 0.25) is 0 Å². The molecule has 3 unspecified atom stereocenters. The van der Waals surface area contributed by atoms with Gasteiger partial charge in [0.1, 0.15) is 0 Å². The van der Waals surface area contributed by atoms with Crippen LogP contribution in [0.4, 0.5) is 0 Å². The minimum Gasteiger partial charge on any atom is -0.394 e.